The van der Waals surface area contributed by atoms with Gasteiger partial charge in [0.15, 0.2) is 0 Å². The van der Waals surface area contributed by atoms with Crippen molar-refractivity contribution < 1.29 is 9.59 Å². The maximum Gasteiger partial charge on any atom is 0.241 e. The Morgan fingerprint density at radius 2 is 1.89 bits per heavy atom. The lowest BCUT2D eigenvalue weighted by Crippen LogP contribution is -2.78. The van der Waals surface area contributed by atoms with Gasteiger partial charge in [0, 0.05) is 12.2 Å². The molecule has 7 rings (SSSR count). The molecule has 0 unspecified atom stereocenters. The van der Waals surface area contributed by atoms with Gasteiger partial charge in [-0.3, -0.25) is 14.5 Å². The van der Waals surface area contributed by atoms with Crippen LogP contribution in [-0.4, -0.2) is 40.9 Å². The number of piperidine rings is 2. The molecule has 0 radical (unpaired) electrons. The standard InChI is InChI=1S/C21H23Cl2N3O2/c1-18(2)15-8-20-4-3-5-26(20)10-19(15,25-16(20)27)9-21(18)11-6-12(22)13(23)7-14(11)24-17(21)28/h6-7,15H,3-5,8-10H2,1-2H3,(H,24,28)(H,25,27)/t15-,19+,20-,21+/m0/s1. The molecule has 5 aliphatic heterocycles. The van der Waals surface area contributed by atoms with Crippen LogP contribution in [0.2, 0.25) is 10.0 Å². The van der Waals surface area contributed by atoms with Crippen LogP contribution in [0.1, 0.15) is 45.1 Å². The van der Waals surface area contributed by atoms with Gasteiger partial charge in [-0.05, 0) is 61.3 Å². The lowest BCUT2D eigenvalue weighted by Gasteiger charge is -2.60. The molecule has 148 valence electrons. The van der Waals surface area contributed by atoms with Crippen LogP contribution in [0.25, 0.3) is 0 Å². The molecule has 6 aliphatic rings. The molecule has 1 aromatic carbocycles. The summed E-state index contributed by atoms with van der Waals surface area (Å²) in [5.41, 5.74) is -0.130. The number of halogens is 2. The van der Waals surface area contributed by atoms with E-state index in [4.69, 9.17) is 23.2 Å². The van der Waals surface area contributed by atoms with Crippen molar-refractivity contribution in [3.05, 3.63) is 27.7 Å². The Kier molecular flexibility index (Phi) is 3.06. The number of hydrogen-bond acceptors (Lipinski definition) is 3. The van der Waals surface area contributed by atoms with Gasteiger partial charge in [-0.2, -0.15) is 0 Å². The highest BCUT2D eigenvalue weighted by Gasteiger charge is 2.77. The summed E-state index contributed by atoms with van der Waals surface area (Å²) in [4.78, 5) is 29.0. The number of benzene rings is 1. The summed E-state index contributed by atoms with van der Waals surface area (Å²) >= 11 is 12.6. The molecule has 7 heteroatoms. The third kappa shape index (κ3) is 1.65. The maximum absolute atomic E-state index is 13.5. The smallest absolute Gasteiger partial charge is 0.241 e. The van der Waals surface area contributed by atoms with E-state index in [0.717, 1.165) is 43.6 Å². The lowest BCUT2D eigenvalue weighted by atomic mass is 9.57. The third-order valence-corrected chi connectivity index (χ3v) is 9.52. The second kappa shape index (κ2) is 4.88. The number of nitrogens with zero attached hydrogens (tertiary/aromatic N) is 1. The second-order valence-corrected chi connectivity index (χ2v) is 10.8. The van der Waals surface area contributed by atoms with E-state index in [9.17, 15) is 9.59 Å². The van der Waals surface area contributed by atoms with Crippen LogP contribution in [0.3, 0.4) is 0 Å². The van der Waals surface area contributed by atoms with Crippen LogP contribution in [0.5, 0.6) is 0 Å². The molecule has 1 saturated carbocycles. The highest BCUT2D eigenvalue weighted by Crippen LogP contribution is 2.70. The minimum atomic E-state index is -0.722. The molecular weight excluding hydrogens is 397 g/mol. The SMILES string of the molecule is CC1(C)[C@@H]2C[C@]34CCCN3C[C@@]2(C[C@@]12C(=O)Nc1cc(Cl)c(Cl)cc12)NC4=O. The van der Waals surface area contributed by atoms with Crippen molar-refractivity contribution in [2.24, 2.45) is 11.3 Å². The van der Waals surface area contributed by atoms with Crippen molar-refractivity contribution in [1.82, 2.24) is 10.2 Å². The van der Waals surface area contributed by atoms with E-state index in [-0.39, 0.29) is 34.2 Å². The molecule has 28 heavy (non-hydrogen) atoms. The molecule has 2 bridgehead atoms. The molecule has 5 heterocycles. The highest BCUT2D eigenvalue weighted by atomic mass is 35.5. The van der Waals surface area contributed by atoms with Crippen LogP contribution in [0.15, 0.2) is 12.1 Å². The molecule has 2 N–H and O–H groups in total. The lowest BCUT2D eigenvalue weighted by molar-refractivity contribution is -0.156. The van der Waals surface area contributed by atoms with Crippen LogP contribution in [0.4, 0.5) is 5.69 Å². The fraction of sp³-hybridized carbons (Fsp3) is 0.619. The van der Waals surface area contributed by atoms with E-state index in [1.807, 2.05) is 6.07 Å². The van der Waals surface area contributed by atoms with Crippen molar-refractivity contribution in [3.8, 4) is 0 Å². The predicted molar refractivity (Wildman–Crippen MR) is 108 cm³/mol. The summed E-state index contributed by atoms with van der Waals surface area (Å²) in [5.74, 6) is 0.399. The van der Waals surface area contributed by atoms with Gasteiger partial charge in [-0.25, -0.2) is 0 Å². The molecule has 4 atom stereocenters. The number of piperazine rings is 1. The Labute approximate surface area is 174 Å². The normalized spacial score (nSPS) is 42.4. The quantitative estimate of drug-likeness (QED) is 0.677. The molecule has 1 aromatic rings. The van der Waals surface area contributed by atoms with E-state index < -0.39 is 5.41 Å². The summed E-state index contributed by atoms with van der Waals surface area (Å²) in [6, 6.07) is 3.62. The monoisotopic (exact) mass is 419 g/mol. The number of amides is 2. The molecule has 5 fully saturated rings. The zero-order valence-electron chi connectivity index (χ0n) is 16.0. The molecule has 4 saturated heterocycles. The Hall–Kier alpha value is -1.30. The van der Waals surface area contributed by atoms with Gasteiger partial charge in [0.05, 0.1) is 21.0 Å². The van der Waals surface area contributed by atoms with Gasteiger partial charge in [0.2, 0.25) is 11.8 Å². The fourth-order valence-electron chi connectivity index (χ4n) is 7.54. The molecule has 3 spiro atoms. The summed E-state index contributed by atoms with van der Waals surface area (Å²) in [6.45, 7) is 6.21. The molecular formula is C21H23Cl2N3O2. The van der Waals surface area contributed by atoms with E-state index in [1.54, 1.807) is 6.07 Å². The third-order valence-electron chi connectivity index (χ3n) is 8.80. The van der Waals surface area contributed by atoms with Gasteiger partial charge < -0.3 is 10.6 Å². The number of anilines is 1. The molecule has 2 amide bonds. The molecule has 0 aromatic heterocycles. The van der Waals surface area contributed by atoms with Crippen molar-refractivity contribution >= 4 is 40.7 Å². The van der Waals surface area contributed by atoms with Gasteiger partial charge >= 0.3 is 0 Å². The number of rotatable bonds is 0. The van der Waals surface area contributed by atoms with Gasteiger partial charge in [-0.15, -0.1) is 0 Å². The number of fused-ring (bicyclic) bond motifs is 3. The van der Waals surface area contributed by atoms with E-state index in [0.29, 0.717) is 16.5 Å². The first-order valence-corrected chi connectivity index (χ1v) is 10.8. The molecule has 5 nitrogen and oxygen atoms in total. The second-order valence-electron chi connectivity index (χ2n) is 9.99. The zero-order valence-corrected chi connectivity index (χ0v) is 17.5. The van der Waals surface area contributed by atoms with Crippen molar-refractivity contribution in [3.63, 3.8) is 0 Å². The Balaban J connectivity index is 1.57. The van der Waals surface area contributed by atoms with Crippen molar-refractivity contribution in [1.29, 1.82) is 0 Å². The van der Waals surface area contributed by atoms with Crippen molar-refractivity contribution in [2.75, 3.05) is 18.4 Å². The first-order valence-electron chi connectivity index (χ1n) is 10.1. The Bertz CT molecular complexity index is 979. The number of nitrogens with one attached hydrogen (secondary N) is 2. The number of hydrogen-bond donors (Lipinski definition) is 2. The summed E-state index contributed by atoms with van der Waals surface area (Å²) in [6.07, 6.45) is 3.42. The van der Waals surface area contributed by atoms with Crippen LogP contribution in [0, 0.1) is 11.3 Å². The number of carbonyl (C=O) groups excluding carboxylic acids is 2. The van der Waals surface area contributed by atoms with Gasteiger partial charge in [0.25, 0.3) is 0 Å². The highest BCUT2D eigenvalue weighted by molar-refractivity contribution is 6.42. The van der Waals surface area contributed by atoms with Crippen LogP contribution >= 0.6 is 23.2 Å². The van der Waals surface area contributed by atoms with E-state index >= 15 is 0 Å². The minimum Gasteiger partial charge on any atom is -0.347 e. The average molecular weight is 420 g/mol. The first-order chi connectivity index (χ1) is 13.2. The summed E-state index contributed by atoms with van der Waals surface area (Å²) in [7, 11) is 0. The average Bonchev–Trinajstić information content (AvgIpc) is 3.21. The van der Waals surface area contributed by atoms with Crippen LogP contribution in [-0.2, 0) is 15.0 Å². The van der Waals surface area contributed by atoms with Gasteiger partial charge in [-0.1, -0.05) is 37.0 Å². The van der Waals surface area contributed by atoms with Gasteiger partial charge in [0.1, 0.15) is 5.54 Å². The van der Waals surface area contributed by atoms with E-state index in [2.05, 4.69) is 29.4 Å². The van der Waals surface area contributed by atoms with Crippen molar-refractivity contribution in [2.45, 2.75) is 56.0 Å². The predicted octanol–water partition coefficient (Wildman–Crippen LogP) is 3.34. The van der Waals surface area contributed by atoms with E-state index in [1.165, 1.54) is 0 Å². The first kappa shape index (κ1) is 17.5. The topological polar surface area (TPSA) is 61.4 Å². The zero-order chi connectivity index (χ0) is 19.7. The minimum absolute atomic E-state index is 0.00460. The Morgan fingerprint density at radius 3 is 2.68 bits per heavy atom. The Morgan fingerprint density at radius 1 is 1.14 bits per heavy atom. The largest absolute Gasteiger partial charge is 0.347 e. The number of carbonyl (C=O) groups is 2. The molecule has 1 aliphatic carbocycles. The summed E-state index contributed by atoms with van der Waals surface area (Å²) < 4.78 is 0. The van der Waals surface area contributed by atoms with Crippen LogP contribution < -0.4 is 10.6 Å². The maximum atomic E-state index is 13.5. The fourth-order valence-corrected chi connectivity index (χ4v) is 7.86. The summed E-state index contributed by atoms with van der Waals surface area (Å²) in [5, 5.41) is 7.40.